The Labute approximate surface area is 151 Å². The van der Waals surface area contributed by atoms with E-state index in [1.54, 1.807) is 13.3 Å². The molecule has 2 aliphatic heterocycles. The molecule has 138 valence electrons. The minimum absolute atomic E-state index is 0.223. The topological polar surface area (TPSA) is 101 Å². The second kappa shape index (κ2) is 6.87. The third kappa shape index (κ3) is 3.08. The van der Waals surface area contributed by atoms with E-state index in [1.807, 2.05) is 16.8 Å². The fourth-order valence-electron chi connectivity index (χ4n) is 3.59. The number of nitrogens with zero attached hydrogens (tertiary/aromatic N) is 2. The van der Waals surface area contributed by atoms with Gasteiger partial charge in [0.1, 0.15) is 0 Å². The summed E-state index contributed by atoms with van der Waals surface area (Å²) in [7, 11) is 1.62. The highest BCUT2D eigenvalue weighted by molar-refractivity contribution is 5.93. The van der Waals surface area contributed by atoms with Gasteiger partial charge in [0.2, 0.25) is 12.5 Å². The number of benzene rings is 1. The first kappa shape index (κ1) is 16.7. The van der Waals surface area contributed by atoms with Gasteiger partial charge in [-0.15, -0.1) is 0 Å². The van der Waals surface area contributed by atoms with Crippen LogP contribution in [0.2, 0.25) is 0 Å². The summed E-state index contributed by atoms with van der Waals surface area (Å²) in [5.74, 6) is 2.09. The molecule has 0 aliphatic carbocycles. The number of nitrogens with one attached hydrogen (secondary N) is 1. The summed E-state index contributed by atoms with van der Waals surface area (Å²) in [6.45, 7) is 2.58. The van der Waals surface area contributed by atoms with E-state index < -0.39 is 5.91 Å². The number of carbonyl (C=O) groups is 1. The molecular formula is C18H22N4O4. The van der Waals surface area contributed by atoms with E-state index in [0.29, 0.717) is 35.3 Å². The average Bonchev–Trinajstić information content (AvgIpc) is 3.27. The van der Waals surface area contributed by atoms with Crippen LogP contribution in [0.4, 0.5) is 0 Å². The van der Waals surface area contributed by atoms with Crippen molar-refractivity contribution < 1.29 is 19.0 Å². The minimum atomic E-state index is -0.410. The lowest BCUT2D eigenvalue weighted by molar-refractivity contribution is 0.0998. The predicted octanol–water partition coefficient (Wildman–Crippen LogP) is 1.07. The highest BCUT2D eigenvalue weighted by Gasteiger charge is 2.24. The van der Waals surface area contributed by atoms with Crippen LogP contribution in [0, 0.1) is 5.92 Å². The van der Waals surface area contributed by atoms with Crippen molar-refractivity contribution in [2.45, 2.75) is 25.9 Å². The van der Waals surface area contributed by atoms with Gasteiger partial charge >= 0.3 is 0 Å². The number of hydrogen-bond acceptors (Lipinski definition) is 6. The van der Waals surface area contributed by atoms with Crippen LogP contribution < -0.4 is 25.3 Å². The fraction of sp³-hybridized carbons (Fsp3) is 0.444. The number of amides is 1. The number of ether oxygens (including phenoxy) is 3. The lowest BCUT2D eigenvalue weighted by Gasteiger charge is -2.24. The van der Waals surface area contributed by atoms with Gasteiger partial charge in [-0.2, -0.15) is 5.10 Å². The third-order valence-electron chi connectivity index (χ3n) is 4.93. The highest BCUT2D eigenvalue weighted by atomic mass is 16.7. The van der Waals surface area contributed by atoms with Crippen molar-refractivity contribution in [2.24, 2.45) is 11.7 Å². The molecule has 8 nitrogen and oxygen atoms in total. The lowest BCUT2D eigenvalue weighted by Crippen LogP contribution is -2.30. The van der Waals surface area contributed by atoms with Gasteiger partial charge in [0.25, 0.3) is 5.91 Å². The normalized spacial score (nSPS) is 17.8. The maximum absolute atomic E-state index is 11.5. The Morgan fingerprint density at radius 2 is 2.35 bits per heavy atom. The van der Waals surface area contributed by atoms with Crippen LogP contribution in [-0.2, 0) is 19.5 Å². The van der Waals surface area contributed by atoms with Gasteiger partial charge in [-0.1, -0.05) is 0 Å². The zero-order valence-electron chi connectivity index (χ0n) is 14.7. The molecule has 1 aromatic carbocycles. The summed E-state index contributed by atoms with van der Waals surface area (Å²) in [5.41, 5.74) is 7.99. The molecule has 0 radical (unpaired) electrons. The Kier molecular flexibility index (Phi) is 4.42. The van der Waals surface area contributed by atoms with Crippen LogP contribution in [0.25, 0.3) is 0 Å². The zero-order chi connectivity index (χ0) is 18.1. The molecule has 0 bridgehead atoms. The second-order valence-electron chi connectivity index (χ2n) is 6.61. The quantitative estimate of drug-likeness (QED) is 0.801. The molecule has 3 N–H and O–H groups in total. The average molecular weight is 358 g/mol. The molecule has 1 amide bonds. The third-order valence-corrected chi connectivity index (χ3v) is 4.93. The summed E-state index contributed by atoms with van der Waals surface area (Å²) in [4.78, 5) is 11.5. The highest BCUT2D eigenvalue weighted by Crippen LogP contribution is 2.41. The van der Waals surface area contributed by atoms with Gasteiger partial charge in [0.05, 0.1) is 24.6 Å². The van der Waals surface area contributed by atoms with E-state index in [-0.39, 0.29) is 6.79 Å². The fourth-order valence-corrected chi connectivity index (χ4v) is 3.59. The molecule has 26 heavy (non-hydrogen) atoms. The van der Waals surface area contributed by atoms with Gasteiger partial charge in [-0.3, -0.25) is 9.48 Å². The van der Waals surface area contributed by atoms with Gasteiger partial charge in [-0.05, 0) is 43.0 Å². The molecule has 1 atom stereocenters. The molecule has 1 aromatic heterocycles. The Hall–Kier alpha value is -2.74. The molecule has 2 aromatic rings. The van der Waals surface area contributed by atoms with E-state index in [9.17, 15) is 4.79 Å². The van der Waals surface area contributed by atoms with E-state index in [0.717, 1.165) is 37.2 Å². The van der Waals surface area contributed by atoms with Crippen molar-refractivity contribution in [3.05, 3.63) is 35.2 Å². The summed E-state index contributed by atoms with van der Waals surface area (Å²) >= 11 is 0. The molecule has 4 rings (SSSR count). The maximum atomic E-state index is 11.5. The Morgan fingerprint density at radius 3 is 3.15 bits per heavy atom. The van der Waals surface area contributed by atoms with Crippen molar-refractivity contribution in [3.63, 3.8) is 0 Å². The molecule has 0 fully saturated rings. The number of fused-ring (bicyclic) bond motifs is 2. The van der Waals surface area contributed by atoms with E-state index in [4.69, 9.17) is 19.9 Å². The van der Waals surface area contributed by atoms with Crippen LogP contribution in [0.15, 0.2) is 18.3 Å². The first-order valence-electron chi connectivity index (χ1n) is 8.67. The van der Waals surface area contributed by atoms with E-state index in [2.05, 4.69) is 10.4 Å². The predicted molar refractivity (Wildman–Crippen MR) is 93.4 cm³/mol. The van der Waals surface area contributed by atoms with Crippen LogP contribution in [0.1, 0.15) is 28.0 Å². The van der Waals surface area contributed by atoms with Gasteiger partial charge < -0.3 is 25.3 Å². The number of carbonyl (C=O) groups excluding carboxylic acids is 1. The summed E-state index contributed by atoms with van der Waals surface area (Å²) in [6, 6.07) is 3.93. The molecule has 1 unspecified atom stereocenters. The largest absolute Gasteiger partial charge is 0.493 e. The zero-order valence-corrected chi connectivity index (χ0v) is 14.7. The molecule has 0 saturated heterocycles. The van der Waals surface area contributed by atoms with Crippen LogP contribution in [0.5, 0.6) is 17.2 Å². The number of aryl methyl sites for hydroxylation is 1. The Balaban J connectivity index is 1.37. The first-order valence-corrected chi connectivity index (χ1v) is 8.67. The molecule has 0 saturated carbocycles. The smallest absolute Gasteiger partial charge is 0.252 e. The molecule has 8 heteroatoms. The number of rotatable bonds is 6. The number of primary amides is 1. The first-order chi connectivity index (χ1) is 12.7. The lowest BCUT2D eigenvalue weighted by atomic mass is 9.94. The van der Waals surface area contributed by atoms with Crippen molar-refractivity contribution in [3.8, 4) is 17.2 Å². The Bertz CT molecular complexity index is 833. The number of methoxy groups -OCH3 is 1. The SMILES string of the molecule is COc1cc(CNCC2CCn3ncc(C(N)=O)c3C2)cc2c1OCO2. The monoisotopic (exact) mass is 358 g/mol. The van der Waals surface area contributed by atoms with Crippen molar-refractivity contribution in [1.82, 2.24) is 15.1 Å². The van der Waals surface area contributed by atoms with Gasteiger partial charge in [-0.25, -0.2) is 0 Å². The molecule has 3 heterocycles. The van der Waals surface area contributed by atoms with Crippen molar-refractivity contribution >= 4 is 5.91 Å². The van der Waals surface area contributed by atoms with Gasteiger partial charge in [0.15, 0.2) is 11.5 Å². The van der Waals surface area contributed by atoms with Gasteiger partial charge in [0, 0.05) is 13.1 Å². The second-order valence-corrected chi connectivity index (χ2v) is 6.61. The summed E-state index contributed by atoms with van der Waals surface area (Å²) < 4.78 is 18.1. The summed E-state index contributed by atoms with van der Waals surface area (Å²) in [6.07, 6.45) is 3.40. The van der Waals surface area contributed by atoms with Crippen LogP contribution in [-0.4, -0.2) is 36.1 Å². The number of nitrogens with two attached hydrogens (primary N) is 1. The maximum Gasteiger partial charge on any atom is 0.252 e. The standard InChI is InChI=1S/C18H22N4O4/c1-24-15-5-12(6-16-17(15)26-10-25-16)8-20-7-11-2-3-22-14(4-11)13(9-21-22)18(19)23/h5-6,9,11,20H,2-4,7-8,10H2,1H3,(H2,19,23). The molecule has 2 aliphatic rings. The summed E-state index contributed by atoms with van der Waals surface area (Å²) in [5, 5.41) is 7.74. The Morgan fingerprint density at radius 1 is 1.46 bits per heavy atom. The van der Waals surface area contributed by atoms with Crippen LogP contribution in [0.3, 0.4) is 0 Å². The molecule has 0 spiro atoms. The van der Waals surface area contributed by atoms with E-state index in [1.165, 1.54) is 0 Å². The van der Waals surface area contributed by atoms with Crippen molar-refractivity contribution in [1.29, 1.82) is 0 Å². The molecular weight excluding hydrogens is 336 g/mol. The minimum Gasteiger partial charge on any atom is -0.493 e. The van der Waals surface area contributed by atoms with Crippen molar-refractivity contribution in [2.75, 3.05) is 20.4 Å². The van der Waals surface area contributed by atoms with Crippen LogP contribution >= 0.6 is 0 Å². The number of aromatic nitrogens is 2. The van der Waals surface area contributed by atoms with E-state index >= 15 is 0 Å². The number of hydrogen-bond donors (Lipinski definition) is 2.